The predicted molar refractivity (Wildman–Crippen MR) is 64.9 cm³/mol. The summed E-state index contributed by atoms with van der Waals surface area (Å²) in [6.45, 7) is 6.97. The monoisotopic (exact) mass is 213 g/mol. The molecule has 0 aliphatic heterocycles. The molecular formula is C13H27NO. The topological polar surface area (TPSA) is 32.3 Å². The summed E-state index contributed by atoms with van der Waals surface area (Å²) in [4.78, 5) is 0. The van der Waals surface area contributed by atoms with Crippen LogP contribution in [0.2, 0.25) is 0 Å². The highest BCUT2D eigenvalue weighted by Crippen LogP contribution is 2.34. The number of aliphatic hydroxyl groups is 1. The van der Waals surface area contributed by atoms with E-state index >= 15 is 0 Å². The van der Waals surface area contributed by atoms with Crippen LogP contribution in [0.5, 0.6) is 0 Å². The summed E-state index contributed by atoms with van der Waals surface area (Å²) in [5.74, 6) is 2.18. The van der Waals surface area contributed by atoms with E-state index in [1.54, 1.807) is 0 Å². The van der Waals surface area contributed by atoms with Gasteiger partial charge >= 0.3 is 0 Å². The first-order chi connectivity index (χ1) is 7.27. The van der Waals surface area contributed by atoms with E-state index in [4.69, 9.17) is 0 Å². The molecule has 3 unspecified atom stereocenters. The molecule has 1 aliphatic carbocycles. The number of nitrogens with one attached hydrogen (secondary N) is 1. The van der Waals surface area contributed by atoms with Crippen LogP contribution in [0, 0.1) is 17.8 Å². The van der Waals surface area contributed by atoms with Gasteiger partial charge in [0.2, 0.25) is 0 Å². The van der Waals surface area contributed by atoms with Crippen molar-refractivity contribution in [2.75, 3.05) is 19.7 Å². The first-order valence-electron chi connectivity index (χ1n) is 6.59. The number of aliphatic hydroxyl groups excluding tert-OH is 1. The van der Waals surface area contributed by atoms with Gasteiger partial charge in [0.25, 0.3) is 0 Å². The zero-order chi connectivity index (χ0) is 11.1. The molecule has 1 rings (SSSR count). The average molecular weight is 213 g/mol. The van der Waals surface area contributed by atoms with E-state index in [1.165, 1.54) is 25.7 Å². The third kappa shape index (κ3) is 4.52. The third-order valence-corrected chi connectivity index (χ3v) is 3.82. The van der Waals surface area contributed by atoms with Gasteiger partial charge < -0.3 is 10.4 Å². The maximum Gasteiger partial charge on any atom is 0.0462 e. The van der Waals surface area contributed by atoms with Gasteiger partial charge in [0.15, 0.2) is 0 Å². The van der Waals surface area contributed by atoms with Gasteiger partial charge in [0.1, 0.15) is 0 Å². The predicted octanol–water partition coefficient (Wildman–Crippen LogP) is 2.42. The van der Waals surface area contributed by atoms with Crippen molar-refractivity contribution in [2.24, 2.45) is 17.8 Å². The van der Waals surface area contributed by atoms with Gasteiger partial charge in [-0.2, -0.15) is 0 Å². The van der Waals surface area contributed by atoms with Gasteiger partial charge in [0.05, 0.1) is 0 Å². The molecule has 0 saturated heterocycles. The zero-order valence-corrected chi connectivity index (χ0v) is 10.3. The molecule has 3 atom stereocenters. The number of rotatable bonds is 6. The van der Waals surface area contributed by atoms with Gasteiger partial charge in [0, 0.05) is 6.61 Å². The molecule has 0 amide bonds. The Bertz CT molecular complexity index is 161. The fourth-order valence-corrected chi connectivity index (χ4v) is 2.85. The Labute approximate surface area is 94.5 Å². The van der Waals surface area contributed by atoms with E-state index in [0.717, 1.165) is 31.3 Å². The van der Waals surface area contributed by atoms with Crippen LogP contribution in [0.25, 0.3) is 0 Å². The largest absolute Gasteiger partial charge is 0.396 e. The summed E-state index contributed by atoms with van der Waals surface area (Å²) in [7, 11) is 0. The van der Waals surface area contributed by atoms with Crippen LogP contribution in [0.1, 0.15) is 46.0 Å². The molecular weight excluding hydrogens is 186 g/mol. The molecule has 15 heavy (non-hydrogen) atoms. The second-order valence-electron chi connectivity index (χ2n) is 5.12. The summed E-state index contributed by atoms with van der Waals surface area (Å²) < 4.78 is 0. The molecule has 1 fully saturated rings. The van der Waals surface area contributed by atoms with Crippen LogP contribution >= 0.6 is 0 Å². The van der Waals surface area contributed by atoms with E-state index in [0.29, 0.717) is 12.5 Å². The number of hydrogen-bond acceptors (Lipinski definition) is 2. The van der Waals surface area contributed by atoms with Crippen LogP contribution in [-0.4, -0.2) is 24.8 Å². The smallest absolute Gasteiger partial charge is 0.0462 e. The third-order valence-electron chi connectivity index (χ3n) is 3.82. The molecule has 0 heterocycles. The Balaban J connectivity index is 2.29. The molecule has 2 nitrogen and oxygen atoms in total. The van der Waals surface area contributed by atoms with E-state index in [1.807, 2.05) is 0 Å². The van der Waals surface area contributed by atoms with Crippen LogP contribution in [0.3, 0.4) is 0 Å². The maximum absolute atomic E-state index is 9.44. The molecule has 0 aromatic rings. The highest BCUT2D eigenvalue weighted by atomic mass is 16.3. The Morgan fingerprint density at radius 3 is 2.80 bits per heavy atom. The highest BCUT2D eigenvalue weighted by Gasteiger charge is 2.25. The summed E-state index contributed by atoms with van der Waals surface area (Å²) in [5, 5.41) is 12.8. The van der Waals surface area contributed by atoms with E-state index in [9.17, 15) is 5.11 Å². The SMILES string of the molecule is CCNCCC(CO)C1CCCC(C)C1. The van der Waals surface area contributed by atoms with Gasteiger partial charge in [-0.15, -0.1) is 0 Å². The van der Waals surface area contributed by atoms with Crippen molar-refractivity contribution in [2.45, 2.75) is 46.0 Å². The summed E-state index contributed by atoms with van der Waals surface area (Å²) in [6.07, 6.45) is 6.56. The molecule has 0 radical (unpaired) electrons. The maximum atomic E-state index is 9.44. The standard InChI is InChI=1S/C13H27NO/c1-3-14-8-7-13(10-15)12-6-4-5-11(2)9-12/h11-15H,3-10H2,1-2H3. The van der Waals surface area contributed by atoms with Crippen LogP contribution < -0.4 is 5.32 Å². The fraction of sp³-hybridized carbons (Fsp3) is 1.00. The van der Waals surface area contributed by atoms with Gasteiger partial charge in [-0.05, 0) is 43.7 Å². The van der Waals surface area contributed by atoms with Crippen molar-refractivity contribution in [3.05, 3.63) is 0 Å². The first-order valence-corrected chi connectivity index (χ1v) is 6.59. The lowest BCUT2D eigenvalue weighted by Crippen LogP contribution is -2.27. The van der Waals surface area contributed by atoms with Gasteiger partial charge in [-0.25, -0.2) is 0 Å². The lowest BCUT2D eigenvalue weighted by molar-refractivity contribution is 0.123. The summed E-state index contributed by atoms with van der Waals surface area (Å²) in [5.41, 5.74) is 0. The van der Waals surface area contributed by atoms with Crippen molar-refractivity contribution >= 4 is 0 Å². The van der Waals surface area contributed by atoms with Crippen molar-refractivity contribution in [1.29, 1.82) is 0 Å². The highest BCUT2D eigenvalue weighted by molar-refractivity contribution is 4.77. The Hall–Kier alpha value is -0.0800. The Morgan fingerprint density at radius 2 is 2.20 bits per heavy atom. The molecule has 2 heteroatoms. The van der Waals surface area contributed by atoms with Gasteiger partial charge in [-0.1, -0.05) is 33.1 Å². The van der Waals surface area contributed by atoms with Crippen LogP contribution in [-0.2, 0) is 0 Å². The Kier molecular flexibility index (Phi) is 6.26. The Morgan fingerprint density at radius 1 is 1.40 bits per heavy atom. The van der Waals surface area contributed by atoms with Crippen LogP contribution in [0.15, 0.2) is 0 Å². The lowest BCUT2D eigenvalue weighted by Gasteiger charge is -2.32. The normalized spacial score (nSPS) is 29.0. The zero-order valence-electron chi connectivity index (χ0n) is 10.3. The second kappa shape index (κ2) is 7.24. The van der Waals surface area contributed by atoms with E-state index in [-0.39, 0.29) is 0 Å². The van der Waals surface area contributed by atoms with Crippen molar-refractivity contribution < 1.29 is 5.11 Å². The molecule has 2 N–H and O–H groups in total. The average Bonchev–Trinajstić information content (AvgIpc) is 2.24. The second-order valence-corrected chi connectivity index (χ2v) is 5.12. The van der Waals surface area contributed by atoms with E-state index < -0.39 is 0 Å². The summed E-state index contributed by atoms with van der Waals surface area (Å²) in [6, 6.07) is 0. The molecule has 1 aliphatic rings. The lowest BCUT2D eigenvalue weighted by atomic mass is 9.75. The summed E-state index contributed by atoms with van der Waals surface area (Å²) >= 11 is 0. The molecule has 90 valence electrons. The van der Waals surface area contributed by atoms with Crippen LogP contribution in [0.4, 0.5) is 0 Å². The minimum Gasteiger partial charge on any atom is -0.396 e. The van der Waals surface area contributed by atoms with E-state index in [2.05, 4.69) is 19.2 Å². The molecule has 0 aromatic carbocycles. The van der Waals surface area contributed by atoms with Crippen molar-refractivity contribution in [3.8, 4) is 0 Å². The van der Waals surface area contributed by atoms with Gasteiger partial charge in [-0.3, -0.25) is 0 Å². The minimum absolute atomic E-state index is 0.378. The molecule has 0 aromatic heterocycles. The number of hydrogen-bond donors (Lipinski definition) is 2. The molecule has 0 bridgehead atoms. The minimum atomic E-state index is 0.378. The first kappa shape index (κ1) is 13.0. The molecule has 1 saturated carbocycles. The van der Waals surface area contributed by atoms with Crippen molar-refractivity contribution in [1.82, 2.24) is 5.32 Å². The fourth-order valence-electron chi connectivity index (χ4n) is 2.85. The molecule has 0 spiro atoms. The van der Waals surface area contributed by atoms with Crippen molar-refractivity contribution in [3.63, 3.8) is 0 Å². The quantitative estimate of drug-likeness (QED) is 0.664.